The summed E-state index contributed by atoms with van der Waals surface area (Å²) in [6.45, 7) is 8.83. The number of hydrogen-bond acceptors (Lipinski definition) is 2. The van der Waals surface area contributed by atoms with Crippen molar-refractivity contribution in [3.05, 3.63) is 45.8 Å². The van der Waals surface area contributed by atoms with Crippen LogP contribution in [0.3, 0.4) is 0 Å². The predicted molar refractivity (Wildman–Crippen MR) is 84.7 cm³/mol. The van der Waals surface area contributed by atoms with Gasteiger partial charge in [0.1, 0.15) is 0 Å². The van der Waals surface area contributed by atoms with Gasteiger partial charge in [-0.3, -0.25) is 4.98 Å². The van der Waals surface area contributed by atoms with Gasteiger partial charge in [0.2, 0.25) is 0 Å². The predicted octanol–water partition coefficient (Wildman–Crippen LogP) is 4.03. The van der Waals surface area contributed by atoms with Crippen molar-refractivity contribution in [2.75, 3.05) is 0 Å². The maximum atomic E-state index is 6.33. The molecule has 2 aliphatic rings. The van der Waals surface area contributed by atoms with E-state index in [0.717, 1.165) is 29.3 Å². The van der Waals surface area contributed by atoms with E-state index in [1.54, 1.807) is 0 Å². The van der Waals surface area contributed by atoms with E-state index in [4.69, 9.17) is 16.6 Å². The molecule has 1 N–H and O–H groups in total. The Bertz CT molecular complexity index is 621. The summed E-state index contributed by atoms with van der Waals surface area (Å²) < 4.78 is 0. The van der Waals surface area contributed by atoms with Gasteiger partial charge >= 0.3 is 0 Å². The van der Waals surface area contributed by atoms with Gasteiger partial charge in [0.15, 0.2) is 0 Å². The van der Waals surface area contributed by atoms with Gasteiger partial charge in [0.05, 0.1) is 17.4 Å². The highest BCUT2D eigenvalue weighted by Crippen LogP contribution is 2.34. The number of aromatic nitrogens is 1. The van der Waals surface area contributed by atoms with Crippen molar-refractivity contribution < 1.29 is 0 Å². The van der Waals surface area contributed by atoms with Crippen LogP contribution >= 0.6 is 11.6 Å². The summed E-state index contributed by atoms with van der Waals surface area (Å²) in [7, 11) is 0. The SMILES string of the molecule is CCc1cc2c(nc1C1=CC(Cl)=CC(C(C)(C)C)N1)C2. The van der Waals surface area contributed by atoms with Gasteiger partial charge < -0.3 is 5.32 Å². The fraction of sp³-hybridized carbons (Fsp3) is 0.471. The minimum absolute atomic E-state index is 0.120. The summed E-state index contributed by atoms with van der Waals surface area (Å²) in [4.78, 5) is 4.79. The number of aryl methyl sites for hydroxylation is 1. The van der Waals surface area contributed by atoms with E-state index in [9.17, 15) is 0 Å². The summed E-state index contributed by atoms with van der Waals surface area (Å²) in [5.74, 6) is 0. The van der Waals surface area contributed by atoms with Crippen LogP contribution in [0.25, 0.3) is 5.70 Å². The second-order valence-electron chi connectivity index (χ2n) is 6.73. The number of nitrogens with one attached hydrogen (secondary N) is 1. The molecule has 1 atom stereocenters. The highest BCUT2D eigenvalue weighted by molar-refractivity contribution is 6.31. The van der Waals surface area contributed by atoms with Gasteiger partial charge in [-0.25, -0.2) is 0 Å². The van der Waals surface area contributed by atoms with Gasteiger partial charge in [-0.15, -0.1) is 0 Å². The molecule has 1 aromatic heterocycles. The largest absolute Gasteiger partial charge is 0.376 e. The molecule has 0 radical (unpaired) electrons. The van der Waals surface area contributed by atoms with E-state index in [1.165, 1.54) is 16.8 Å². The Hall–Kier alpha value is -1.28. The van der Waals surface area contributed by atoms with Crippen LogP contribution in [0.4, 0.5) is 0 Å². The Kier molecular flexibility index (Phi) is 3.17. The highest BCUT2D eigenvalue weighted by atomic mass is 35.5. The molecular weight excluding hydrogens is 268 g/mol. The first-order valence-corrected chi connectivity index (χ1v) is 7.64. The third kappa shape index (κ3) is 2.49. The van der Waals surface area contributed by atoms with Gasteiger partial charge in [-0.2, -0.15) is 0 Å². The minimum atomic E-state index is 0.120. The topological polar surface area (TPSA) is 24.9 Å². The number of dihydropyridines is 1. The smallest absolute Gasteiger partial charge is 0.0897 e. The van der Waals surface area contributed by atoms with E-state index >= 15 is 0 Å². The highest BCUT2D eigenvalue weighted by Gasteiger charge is 2.29. The molecule has 0 bridgehead atoms. The lowest BCUT2D eigenvalue weighted by molar-refractivity contribution is 0.338. The van der Waals surface area contributed by atoms with E-state index in [1.807, 2.05) is 6.08 Å². The van der Waals surface area contributed by atoms with Crippen molar-refractivity contribution in [1.82, 2.24) is 10.3 Å². The van der Waals surface area contributed by atoms with E-state index < -0.39 is 0 Å². The van der Waals surface area contributed by atoms with Crippen molar-refractivity contribution >= 4 is 17.3 Å². The molecular formula is C17H21ClN2. The van der Waals surface area contributed by atoms with E-state index in [-0.39, 0.29) is 11.5 Å². The van der Waals surface area contributed by atoms with Crippen molar-refractivity contribution in [3.8, 4) is 0 Å². The Balaban J connectivity index is 1.99. The van der Waals surface area contributed by atoms with Gasteiger partial charge in [0, 0.05) is 17.1 Å². The zero-order valence-electron chi connectivity index (χ0n) is 12.5. The van der Waals surface area contributed by atoms with Crippen molar-refractivity contribution in [1.29, 1.82) is 0 Å². The Morgan fingerprint density at radius 3 is 2.80 bits per heavy atom. The molecule has 1 aromatic rings. The second-order valence-corrected chi connectivity index (χ2v) is 7.17. The zero-order valence-corrected chi connectivity index (χ0v) is 13.3. The number of halogens is 1. The number of rotatable bonds is 2. The number of allylic oxidation sites excluding steroid dienone is 2. The van der Waals surface area contributed by atoms with Crippen LogP contribution in [0, 0.1) is 5.41 Å². The molecule has 106 valence electrons. The van der Waals surface area contributed by atoms with Gasteiger partial charge in [-0.05, 0) is 35.1 Å². The molecule has 2 nitrogen and oxygen atoms in total. The summed E-state index contributed by atoms with van der Waals surface area (Å²) >= 11 is 6.33. The molecule has 1 aliphatic heterocycles. The summed E-state index contributed by atoms with van der Waals surface area (Å²) in [5.41, 5.74) is 6.19. The third-order valence-electron chi connectivity index (χ3n) is 3.99. The fourth-order valence-electron chi connectivity index (χ4n) is 2.57. The van der Waals surface area contributed by atoms with Crippen LogP contribution in [-0.2, 0) is 12.8 Å². The van der Waals surface area contributed by atoms with Crippen LogP contribution in [0.2, 0.25) is 0 Å². The molecule has 0 saturated heterocycles. The summed E-state index contributed by atoms with van der Waals surface area (Å²) in [5, 5.41) is 4.40. The van der Waals surface area contributed by atoms with Crippen LogP contribution < -0.4 is 5.32 Å². The normalized spacial score (nSPS) is 20.8. The average molecular weight is 289 g/mol. The molecule has 1 unspecified atom stereocenters. The Morgan fingerprint density at radius 2 is 2.15 bits per heavy atom. The van der Waals surface area contributed by atoms with E-state index in [2.05, 4.69) is 45.2 Å². The lowest BCUT2D eigenvalue weighted by atomic mass is 9.85. The lowest BCUT2D eigenvalue weighted by Crippen LogP contribution is -2.39. The molecule has 1 aliphatic carbocycles. The molecule has 3 rings (SSSR count). The molecule has 0 spiro atoms. The molecule has 2 heterocycles. The van der Waals surface area contributed by atoms with Crippen molar-refractivity contribution in [2.45, 2.75) is 46.6 Å². The molecule has 0 fully saturated rings. The summed E-state index contributed by atoms with van der Waals surface area (Å²) in [6, 6.07) is 2.52. The van der Waals surface area contributed by atoms with Crippen molar-refractivity contribution in [3.63, 3.8) is 0 Å². The number of pyridine rings is 1. The van der Waals surface area contributed by atoms with Crippen LogP contribution in [0.1, 0.15) is 50.2 Å². The zero-order chi connectivity index (χ0) is 14.5. The average Bonchev–Trinajstić information content (AvgIpc) is 3.13. The minimum Gasteiger partial charge on any atom is -0.376 e. The van der Waals surface area contributed by atoms with Gasteiger partial charge in [-0.1, -0.05) is 45.4 Å². The first-order valence-electron chi connectivity index (χ1n) is 7.26. The summed E-state index contributed by atoms with van der Waals surface area (Å²) in [6.07, 6.45) is 6.13. The standard InChI is InChI=1S/C17H21ClN2/c1-5-10-6-11-7-13(11)20-16(10)14-8-12(18)9-15(19-14)17(2,3)4/h6,8-9,15,19H,5,7H2,1-4H3. The monoisotopic (exact) mass is 288 g/mol. The maximum absolute atomic E-state index is 6.33. The molecule has 0 aromatic carbocycles. The Morgan fingerprint density at radius 1 is 1.40 bits per heavy atom. The van der Waals surface area contributed by atoms with E-state index in [0.29, 0.717) is 0 Å². The van der Waals surface area contributed by atoms with Crippen LogP contribution in [0.15, 0.2) is 23.3 Å². The molecule has 0 amide bonds. The van der Waals surface area contributed by atoms with Crippen LogP contribution in [0.5, 0.6) is 0 Å². The second kappa shape index (κ2) is 4.63. The first-order chi connectivity index (χ1) is 9.38. The Labute approximate surface area is 125 Å². The molecule has 20 heavy (non-hydrogen) atoms. The van der Waals surface area contributed by atoms with Crippen molar-refractivity contribution in [2.24, 2.45) is 5.41 Å². The first kappa shape index (κ1) is 13.7. The van der Waals surface area contributed by atoms with Crippen LogP contribution in [-0.4, -0.2) is 11.0 Å². The number of hydrogen-bond donors (Lipinski definition) is 1. The lowest BCUT2D eigenvalue weighted by Gasteiger charge is -2.33. The quantitative estimate of drug-likeness (QED) is 0.902. The fourth-order valence-corrected chi connectivity index (χ4v) is 2.80. The van der Waals surface area contributed by atoms with Gasteiger partial charge in [0.25, 0.3) is 0 Å². The maximum Gasteiger partial charge on any atom is 0.0897 e. The molecule has 3 heteroatoms. The number of fused-ring (bicyclic) bond motifs is 1. The number of nitrogens with zero attached hydrogens (tertiary/aromatic N) is 1. The molecule has 0 saturated carbocycles. The third-order valence-corrected chi connectivity index (χ3v) is 4.23.